The van der Waals surface area contributed by atoms with Crippen molar-refractivity contribution in [3.05, 3.63) is 130 Å². The van der Waals surface area contributed by atoms with Crippen LogP contribution in [0.25, 0.3) is 0 Å². The number of carbonyl (C=O) groups excluding carboxylic acids is 2. The maximum atomic E-state index is 12.4. The third kappa shape index (κ3) is 11.3. The number of benzene rings is 4. The summed E-state index contributed by atoms with van der Waals surface area (Å²) < 4.78 is 11.7. The quantitative estimate of drug-likeness (QED) is 0.0477. The molecular formula is C37H42N6O4. The fourth-order valence-corrected chi connectivity index (χ4v) is 4.75. The average Bonchev–Trinajstić information content (AvgIpc) is 3.09. The topological polar surface area (TPSA) is 176 Å². The van der Waals surface area contributed by atoms with E-state index in [1.807, 2.05) is 48.5 Å². The summed E-state index contributed by atoms with van der Waals surface area (Å²) in [6.45, 7) is 2.07. The third-order valence-corrected chi connectivity index (χ3v) is 7.45. The zero-order valence-corrected chi connectivity index (χ0v) is 26.4. The van der Waals surface area contributed by atoms with Gasteiger partial charge in [-0.25, -0.2) is 0 Å². The standard InChI is InChI=1S/C37H42N6O4/c38-34(39)28-8-6-10-30(22-28)36(44)42-24-26-12-16-32(17-13-26)46-20-4-2-1-3-5-21-47-33-18-14-27(15-19-33)25-43-37(45)31-11-7-9-29(23-31)35(40)41/h6-19,22-23H,1-5,20-21,24-25H2,(H3,38,39)(H3,40,41)(H,42,44)(H,43,45). The molecule has 0 aliphatic rings. The molecule has 0 unspecified atom stereocenters. The van der Waals surface area contributed by atoms with Gasteiger partial charge in [-0.2, -0.15) is 0 Å². The number of amidine groups is 2. The van der Waals surface area contributed by atoms with E-state index in [9.17, 15) is 9.59 Å². The Morgan fingerprint density at radius 3 is 1.28 bits per heavy atom. The highest BCUT2D eigenvalue weighted by Gasteiger charge is 2.09. The van der Waals surface area contributed by atoms with Crippen molar-refractivity contribution in [2.24, 2.45) is 11.5 Å². The summed E-state index contributed by atoms with van der Waals surface area (Å²) >= 11 is 0. The van der Waals surface area contributed by atoms with E-state index in [4.69, 9.17) is 31.8 Å². The minimum atomic E-state index is -0.218. The molecule has 4 aromatic carbocycles. The maximum absolute atomic E-state index is 12.4. The molecule has 0 radical (unpaired) electrons. The molecule has 0 bridgehead atoms. The third-order valence-electron chi connectivity index (χ3n) is 7.45. The Kier molecular flexibility index (Phi) is 12.9. The van der Waals surface area contributed by atoms with E-state index in [2.05, 4.69) is 10.6 Å². The molecule has 0 saturated carbocycles. The molecule has 0 aromatic heterocycles. The number of nitrogens with one attached hydrogen (secondary N) is 4. The van der Waals surface area contributed by atoms with Gasteiger partial charge in [0.2, 0.25) is 0 Å². The molecule has 0 fully saturated rings. The van der Waals surface area contributed by atoms with E-state index in [1.54, 1.807) is 48.5 Å². The van der Waals surface area contributed by atoms with E-state index in [0.717, 1.165) is 54.7 Å². The Hall–Kier alpha value is -5.64. The number of rotatable bonds is 18. The molecule has 0 aliphatic carbocycles. The lowest BCUT2D eigenvalue weighted by molar-refractivity contribution is 0.0943. The monoisotopic (exact) mass is 634 g/mol. The molecule has 0 atom stereocenters. The summed E-state index contributed by atoms with van der Waals surface area (Å²) in [5.41, 5.74) is 14.9. The van der Waals surface area contributed by atoms with Gasteiger partial charge in [-0.05, 0) is 72.5 Å². The van der Waals surface area contributed by atoms with Gasteiger partial charge in [0.1, 0.15) is 23.2 Å². The van der Waals surface area contributed by atoms with Crippen LogP contribution in [-0.2, 0) is 13.1 Å². The van der Waals surface area contributed by atoms with Gasteiger partial charge in [-0.1, -0.05) is 67.8 Å². The van der Waals surface area contributed by atoms with E-state index < -0.39 is 0 Å². The van der Waals surface area contributed by atoms with Crippen molar-refractivity contribution in [2.75, 3.05) is 13.2 Å². The Morgan fingerprint density at radius 1 is 0.532 bits per heavy atom. The highest BCUT2D eigenvalue weighted by molar-refractivity contribution is 6.00. The molecule has 10 nitrogen and oxygen atoms in total. The summed E-state index contributed by atoms with van der Waals surface area (Å²) in [6.07, 6.45) is 5.20. The Morgan fingerprint density at radius 2 is 0.894 bits per heavy atom. The van der Waals surface area contributed by atoms with Gasteiger partial charge < -0.3 is 31.6 Å². The van der Waals surface area contributed by atoms with Crippen LogP contribution in [0.15, 0.2) is 97.1 Å². The fraction of sp³-hybridized carbons (Fsp3) is 0.243. The second-order valence-electron chi connectivity index (χ2n) is 11.1. The van der Waals surface area contributed by atoms with Gasteiger partial charge in [0.25, 0.3) is 11.8 Å². The molecule has 0 saturated heterocycles. The smallest absolute Gasteiger partial charge is 0.251 e. The predicted molar refractivity (Wildman–Crippen MR) is 184 cm³/mol. The lowest BCUT2D eigenvalue weighted by atomic mass is 10.1. The number of hydrogen-bond donors (Lipinski definition) is 6. The number of amides is 2. The first-order valence-electron chi connectivity index (χ1n) is 15.7. The second-order valence-corrected chi connectivity index (χ2v) is 11.1. The number of ether oxygens (including phenoxy) is 2. The molecule has 2 amide bonds. The van der Waals surface area contributed by atoms with Crippen molar-refractivity contribution >= 4 is 23.5 Å². The minimum Gasteiger partial charge on any atom is -0.494 e. The summed E-state index contributed by atoms with van der Waals surface area (Å²) in [6, 6.07) is 28.8. The first-order valence-corrected chi connectivity index (χ1v) is 15.7. The summed E-state index contributed by atoms with van der Waals surface area (Å²) in [7, 11) is 0. The highest BCUT2D eigenvalue weighted by atomic mass is 16.5. The molecule has 244 valence electrons. The minimum absolute atomic E-state index is 0.0710. The van der Waals surface area contributed by atoms with Gasteiger partial charge in [-0.15, -0.1) is 0 Å². The number of carbonyl (C=O) groups is 2. The van der Waals surface area contributed by atoms with E-state index >= 15 is 0 Å². The van der Waals surface area contributed by atoms with Gasteiger partial charge in [-0.3, -0.25) is 20.4 Å². The van der Waals surface area contributed by atoms with Crippen LogP contribution in [0.2, 0.25) is 0 Å². The van der Waals surface area contributed by atoms with Crippen molar-refractivity contribution < 1.29 is 19.1 Å². The Balaban J connectivity index is 1.02. The SMILES string of the molecule is N=C(N)c1cccc(C(=O)NCc2ccc(OCCCCCCCOc3ccc(CNC(=O)c4cccc(C(=N)N)c4)cc3)cc2)c1. The lowest BCUT2D eigenvalue weighted by Crippen LogP contribution is -2.23. The number of nitrogen functional groups attached to an aromatic ring is 2. The Labute approximate surface area is 275 Å². The van der Waals surface area contributed by atoms with Crippen molar-refractivity contribution in [3.63, 3.8) is 0 Å². The molecule has 10 heteroatoms. The molecule has 4 rings (SSSR count). The van der Waals surface area contributed by atoms with Crippen molar-refractivity contribution in [1.29, 1.82) is 10.8 Å². The van der Waals surface area contributed by atoms with Gasteiger partial charge >= 0.3 is 0 Å². The molecule has 4 aromatic rings. The van der Waals surface area contributed by atoms with Gasteiger partial charge in [0.05, 0.1) is 13.2 Å². The van der Waals surface area contributed by atoms with Crippen molar-refractivity contribution in [3.8, 4) is 11.5 Å². The number of unbranched alkanes of at least 4 members (excludes halogenated alkanes) is 4. The molecule has 0 heterocycles. The van der Waals surface area contributed by atoms with Crippen LogP contribution in [0.1, 0.15) is 75.1 Å². The van der Waals surface area contributed by atoms with Crippen LogP contribution in [0.5, 0.6) is 11.5 Å². The van der Waals surface area contributed by atoms with Crippen LogP contribution < -0.4 is 31.6 Å². The van der Waals surface area contributed by atoms with Gasteiger partial charge in [0.15, 0.2) is 0 Å². The number of hydrogen-bond acceptors (Lipinski definition) is 6. The second kappa shape index (κ2) is 17.7. The number of nitrogens with two attached hydrogens (primary N) is 2. The summed E-state index contributed by atoms with van der Waals surface area (Å²) in [5.74, 6) is 1.02. The average molecular weight is 635 g/mol. The molecule has 47 heavy (non-hydrogen) atoms. The molecule has 0 spiro atoms. The highest BCUT2D eigenvalue weighted by Crippen LogP contribution is 2.16. The van der Waals surface area contributed by atoms with Crippen LogP contribution >= 0.6 is 0 Å². The van der Waals surface area contributed by atoms with Crippen molar-refractivity contribution in [2.45, 2.75) is 45.2 Å². The zero-order valence-electron chi connectivity index (χ0n) is 26.4. The summed E-state index contributed by atoms with van der Waals surface area (Å²) in [4.78, 5) is 24.9. The zero-order chi connectivity index (χ0) is 33.4. The largest absolute Gasteiger partial charge is 0.494 e. The predicted octanol–water partition coefficient (Wildman–Crippen LogP) is 5.52. The molecule has 0 aliphatic heterocycles. The maximum Gasteiger partial charge on any atom is 0.251 e. The van der Waals surface area contributed by atoms with Crippen LogP contribution in [0, 0.1) is 10.8 Å². The van der Waals surface area contributed by atoms with Crippen LogP contribution in [0.3, 0.4) is 0 Å². The first kappa shape index (κ1) is 34.2. The van der Waals surface area contributed by atoms with Gasteiger partial charge in [0, 0.05) is 35.3 Å². The van der Waals surface area contributed by atoms with Crippen molar-refractivity contribution in [1.82, 2.24) is 10.6 Å². The molecule has 8 N–H and O–H groups in total. The lowest BCUT2D eigenvalue weighted by Gasteiger charge is -2.10. The van der Waals surface area contributed by atoms with E-state index in [-0.39, 0.29) is 23.5 Å². The normalized spacial score (nSPS) is 10.6. The van der Waals surface area contributed by atoms with E-state index in [1.165, 1.54) is 0 Å². The van der Waals surface area contributed by atoms with E-state index in [0.29, 0.717) is 48.6 Å². The molecular weight excluding hydrogens is 592 g/mol. The first-order chi connectivity index (χ1) is 22.8. The fourth-order valence-electron chi connectivity index (χ4n) is 4.75. The van der Waals surface area contributed by atoms with Crippen LogP contribution in [-0.4, -0.2) is 36.7 Å². The van der Waals surface area contributed by atoms with Crippen LogP contribution in [0.4, 0.5) is 0 Å². The Bertz CT molecular complexity index is 1530. The summed E-state index contributed by atoms with van der Waals surface area (Å²) in [5, 5.41) is 20.8.